The lowest BCUT2D eigenvalue weighted by Crippen LogP contribution is -1.98. The monoisotopic (exact) mass is 237 g/mol. The van der Waals surface area contributed by atoms with E-state index in [1.165, 1.54) is 17.6 Å². The van der Waals surface area contributed by atoms with Crippen molar-refractivity contribution < 1.29 is 14.3 Å². The molecule has 0 aliphatic rings. The summed E-state index contributed by atoms with van der Waals surface area (Å²) in [6, 6.07) is 3.28. The third-order valence-electron chi connectivity index (χ3n) is 2.17. The Morgan fingerprint density at radius 3 is 3.06 bits per heavy atom. The van der Waals surface area contributed by atoms with Crippen molar-refractivity contribution in [1.29, 1.82) is 0 Å². The van der Waals surface area contributed by atoms with Gasteiger partial charge in [-0.1, -0.05) is 0 Å². The minimum absolute atomic E-state index is 0.0669. The number of ketones is 1. The number of thiazole rings is 1. The van der Waals surface area contributed by atoms with Crippen molar-refractivity contribution in [3.63, 3.8) is 0 Å². The molecule has 0 aliphatic heterocycles. The minimum Gasteiger partial charge on any atom is -0.461 e. The Labute approximate surface area is 96.6 Å². The van der Waals surface area contributed by atoms with E-state index >= 15 is 0 Å². The molecule has 2 aromatic heterocycles. The van der Waals surface area contributed by atoms with Crippen LogP contribution in [0.3, 0.4) is 0 Å². The molecule has 0 aromatic carbocycles. The van der Waals surface area contributed by atoms with Gasteiger partial charge in [-0.25, -0.2) is 4.98 Å². The molecule has 2 heterocycles. The van der Waals surface area contributed by atoms with Crippen molar-refractivity contribution >= 4 is 17.1 Å². The quantitative estimate of drug-likeness (QED) is 0.824. The topological polar surface area (TPSA) is 63.3 Å². The van der Waals surface area contributed by atoms with Gasteiger partial charge < -0.3 is 9.52 Å². The fourth-order valence-corrected chi connectivity index (χ4v) is 2.37. The van der Waals surface area contributed by atoms with Crippen molar-refractivity contribution in [2.45, 2.75) is 13.3 Å². The van der Waals surface area contributed by atoms with Gasteiger partial charge in [-0.15, -0.1) is 11.3 Å². The smallest absolute Gasteiger partial charge is 0.256 e. The minimum atomic E-state index is -0.206. The number of furan rings is 1. The number of hydrogen-bond acceptors (Lipinski definition) is 5. The average molecular weight is 237 g/mol. The Balaban J connectivity index is 2.28. The highest BCUT2D eigenvalue weighted by molar-refractivity contribution is 7.13. The van der Waals surface area contributed by atoms with E-state index in [1.54, 1.807) is 12.1 Å². The zero-order valence-corrected chi connectivity index (χ0v) is 9.58. The number of aryl methyl sites for hydroxylation is 1. The van der Waals surface area contributed by atoms with Gasteiger partial charge >= 0.3 is 0 Å². The van der Waals surface area contributed by atoms with Crippen molar-refractivity contribution in [2.24, 2.45) is 0 Å². The molecule has 0 fully saturated rings. The van der Waals surface area contributed by atoms with Gasteiger partial charge in [0.15, 0.2) is 10.8 Å². The van der Waals surface area contributed by atoms with Crippen LogP contribution in [0.5, 0.6) is 0 Å². The lowest BCUT2D eigenvalue weighted by atomic mass is 10.3. The van der Waals surface area contributed by atoms with Crippen LogP contribution in [0.1, 0.15) is 26.1 Å². The van der Waals surface area contributed by atoms with E-state index < -0.39 is 0 Å². The summed E-state index contributed by atoms with van der Waals surface area (Å²) in [5.41, 5.74) is 0.800. The number of rotatable bonds is 4. The maximum Gasteiger partial charge on any atom is 0.256 e. The second-order valence-electron chi connectivity index (χ2n) is 3.31. The second-order valence-corrected chi connectivity index (χ2v) is 4.39. The van der Waals surface area contributed by atoms with Gasteiger partial charge in [-0.05, 0) is 19.1 Å². The molecule has 2 aromatic rings. The lowest BCUT2D eigenvalue weighted by molar-refractivity contribution is 0.101. The van der Waals surface area contributed by atoms with Gasteiger partial charge in [-0.2, -0.15) is 0 Å². The molecule has 4 nitrogen and oxygen atoms in total. The Morgan fingerprint density at radius 2 is 2.44 bits per heavy atom. The molecule has 5 heteroatoms. The van der Waals surface area contributed by atoms with Crippen LogP contribution in [0.4, 0.5) is 0 Å². The van der Waals surface area contributed by atoms with Crippen molar-refractivity contribution in [3.05, 3.63) is 39.7 Å². The summed E-state index contributed by atoms with van der Waals surface area (Å²) >= 11 is 1.31. The number of aromatic nitrogens is 1. The van der Waals surface area contributed by atoms with Gasteiger partial charge in [-0.3, -0.25) is 4.79 Å². The first-order valence-electron chi connectivity index (χ1n) is 4.87. The Bertz CT molecular complexity index is 487. The SMILES string of the molecule is Cc1nc(C(=O)c2ccco2)sc1CCO. The fourth-order valence-electron chi connectivity index (χ4n) is 1.37. The zero-order valence-electron chi connectivity index (χ0n) is 8.77. The summed E-state index contributed by atoms with van der Waals surface area (Å²) in [6.45, 7) is 1.90. The Hall–Kier alpha value is -1.46. The van der Waals surface area contributed by atoms with Crippen molar-refractivity contribution in [1.82, 2.24) is 4.98 Å². The van der Waals surface area contributed by atoms with E-state index in [4.69, 9.17) is 9.52 Å². The molecule has 0 radical (unpaired) electrons. The van der Waals surface area contributed by atoms with Crippen LogP contribution >= 0.6 is 11.3 Å². The number of carbonyl (C=O) groups excluding carboxylic acids is 1. The second kappa shape index (κ2) is 4.59. The van der Waals surface area contributed by atoms with E-state index in [1.807, 2.05) is 6.92 Å². The molecule has 0 amide bonds. The highest BCUT2D eigenvalue weighted by Crippen LogP contribution is 2.21. The third kappa shape index (κ3) is 2.05. The molecule has 0 bridgehead atoms. The van der Waals surface area contributed by atoms with Crippen LogP contribution in [-0.4, -0.2) is 22.5 Å². The van der Waals surface area contributed by atoms with Crippen LogP contribution in [0.25, 0.3) is 0 Å². The molecule has 0 spiro atoms. The first kappa shape index (κ1) is 11.0. The molecule has 0 saturated carbocycles. The summed E-state index contributed by atoms with van der Waals surface area (Å²) in [6.07, 6.45) is 2.00. The maximum absolute atomic E-state index is 11.9. The van der Waals surface area contributed by atoms with Crippen LogP contribution in [0.2, 0.25) is 0 Å². The fraction of sp³-hybridized carbons (Fsp3) is 0.273. The maximum atomic E-state index is 11.9. The lowest BCUT2D eigenvalue weighted by Gasteiger charge is -1.90. The normalized spacial score (nSPS) is 10.6. The number of carbonyl (C=O) groups is 1. The third-order valence-corrected chi connectivity index (χ3v) is 3.39. The van der Waals surface area contributed by atoms with Gasteiger partial charge in [0.1, 0.15) is 0 Å². The molecule has 1 N–H and O–H groups in total. The van der Waals surface area contributed by atoms with Gasteiger partial charge in [0.05, 0.1) is 12.0 Å². The summed E-state index contributed by atoms with van der Waals surface area (Å²) < 4.78 is 5.03. The van der Waals surface area contributed by atoms with Gasteiger partial charge in [0, 0.05) is 17.9 Å². The van der Waals surface area contributed by atoms with Gasteiger partial charge in [0.2, 0.25) is 0 Å². The van der Waals surface area contributed by atoms with Crippen LogP contribution in [-0.2, 0) is 6.42 Å². The van der Waals surface area contributed by atoms with Gasteiger partial charge in [0.25, 0.3) is 5.78 Å². The molecule has 2 rings (SSSR count). The molecule has 0 saturated heterocycles. The summed E-state index contributed by atoms with van der Waals surface area (Å²) in [5.74, 6) is 0.0894. The molecule has 0 unspecified atom stereocenters. The number of aliphatic hydroxyl groups is 1. The average Bonchev–Trinajstić information content (AvgIpc) is 2.88. The highest BCUT2D eigenvalue weighted by atomic mass is 32.1. The summed E-state index contributed by atoms with van der Waals surface area (Å²) in [7, 11) is 0. The largest absolute Gasteiger partial charge is 0.461 e. The van der Waals surface area contributed by atoms with E-state index in [0.29, 0.717) is 17.2 Å². The van der Waals surface area contributed by atoms with Crippen LogP contribution in [0.15, 0.2) is 22.8 Å². The molecule has 0 atom stereocenters. The number of nitrogens with zero attached hydrogens (tertiary/aromatic N) is 1. The number of hydrogen-bond donors (Lipinski definition) is 1. The molecular weight excluding hydrogens is 226 g/mol. The first-order chi connectivity index (χ1) is 7.72. The predicted octanol–water partition coefficient (Wildman–Crippen LogP) is 1.81. The molecule has 16 heavy (non-hydrogen) atoms. The van der Waals surface area contributed by atoms with E-state index in [-0.39, 0.29) is 12.4 Å². The standard InChI is InChI=1S/C11H11NO3S/c1-7-9(4-5-13)16-11(12-7)10(14)8-3-2-6-15-8/h2-3,6,13H,4-5H2,1H3. The molecule has 0 aliphatic carbocycles. The number of aliphatic hydroxyl groups excluding tert-OH is 1. The van der Waals surface area contributed by atoms with E-state index in [2.05, 4.69) is 4.98 Å². The highest BCUT2D eigenvalue weighted by Gasteiger charge is 2.17. The summed E-state index contributed by atoms with van der Waals surface area (Å²) in [4.78, 5) is 17.0. The zero-order chi connectivity index (χ0) is 11.5. The van der Waals surface area contributed by atoms with Crippen molar-refractivity contribution in [2.75, 3.05) is 6.61 Å². The van der Waals surface area contributed by atoms with Crippen LogP contribution in [0, 0.1) is 6.92 Å². The first-order valence-corrected chi connectivity index (χ1v) is 5.69. The Morgan fingerprint density at radius 1 is 1.62 bits per heavy atom. The predicted molar refractivity (Wildman–Crippen MR) is 59.8 cm³/mol. The van der Waals surface area contributed by atoms with Crippen LogP contribution < -0.4 is 0 Å². The summed E-state index contributed by atoms with van der Waals surface area (Å²) in [5, 5.41) is 9.26. The molecular formula is C11H11NO3S. The van der Waals surface area contributed by atoms with E-state index in [0.717, 1.165) is 10.6 Å². The Kier molecular flexibility index (Phi) is 3.17. The van der Waals surface area contributed by atoms with E-state index in [9.17, 15) is 4.79 Å². The molecule has 84 valence electrons. The van der Waals surface area contributed by atoms with Crippen molar-refractivity contribution in [3.8, 4) is 0 Å².